The van der Waals surface area contributed by atoms with Gasteiger partial charge in [0, 0.05) is 18.0 Å². The van der Waals surface area contributed by atoms with Crippen LogP contribution < -0.4 is 11.1 Å². The monoisotopic (exact) mass is 248 g/mol. The summed E-state index contributed by atoms with van der Waals surface area (Å²) in [6, 6.07) is 7.65. The molecular formula is C13H16N2OS. The molecule has 1 saturated carbocycles. The standard InChI is InChI=1S/C13H16N2OS/c1-8-6-11(8)13(16)15-10-4-2-9(3-5-10)7-12(14)17/h2-5,8,11H,6-7H2,1H3,(H2,14,17)(H,15,16). The third-order valence-electron chi connectivity index (χ3n) is 3.05. The second kappa shape index (κ2) is 4.84. The molecule has 1 fully saturated rings. The summed E-state index contributed by atoms with van der Waals surface area (Å²) in [5, 5.41) is 2.91. The van der Waals surface area contributed by atoms with Gasteiger partial charge in [-0.1, -0.05) is 31.3 Å². The molecule has 1 aliphatic rings. The van der Waals surface area contributed by atoms with Crippen LogP contribution in [0.4, 0.5) is 5.69 Å². The van der Waals surface area contributed by atoms with Gasteiger partial charge in [-0.2, -0.15) is 0 Å². The van der Waals surface area contributed by atoms with E-state index < -0.39 is 0 Å². The third kappa shape index (κ3) is 3.27. The Morgan fingerprint density at radius 3 is 2.53 bits per heavy atom. The van der Waals surface area contributed by atoms with E-state index >= 15 is 0 Å². The highest BCUT2D eigenvalue weighted by Crippen LogP contribution is 2.38. The van der Waals surface area contributed by atoms with Crippen LogP contribution in [0, 0.1) is 11.8 Å². The van der Waals surface area contributed by atoms with E-state index in [1.54, 1.807) is 0 Å². The highest BCUT2D eigenvalue weighted by atomic mass is 32.1. The molecule has 0 bridgehead atoms. The maximum absolute atomic E-state index is 11.7. The summed E-state index contributed by atoms with van der Waals surface area (Å²) < 4.78 is 0. The lowest BCUT2D eigenvalue weighted by atomic mass is 10.1. The van der Waals surface area contributed by atoms with E-state index in [4.69, 9.17) is 18.0 Å². The first-order chi connectivity index (χ1) is 8.06. The van der Waals surface area contributed by atoms with Gasteiger partial charge in [0.2, 0.25) is 5.91 Å². The largest absolute Gasteiger partial charge is 0.393 e. The summed E-state index contributed by atoms with van der Waals surface area (Å²) in [7, 11) is 0. The van der Waals surface area contributed by atoms with Crippen LogP contribution in [0.3, 0.4) is 0 Å². The molecule has 1 amide bonds. The van der Waals surface area contributed by atoms with Gasteiger partial charge in [0.15, 0.2) is 0 Å². The normalized spacial score (nSPS) is 21.9. The summed E-state index contributed by atoms with van der Waals surface area (Å²) in [5.74, 6) is 0.856. The molecule has 2 unspecified atom stereocenters. The van der Waals surface area contributed by atoms with Gasteiger partial charge in [0.05, 0.1) is 4.99 Å². The SMILES string of the molecule is CC1CC1C(=O)Nc1ccc(CC(N)=S)cc1. The van der Waals surface area contributed by atoms with Gasteiger partial charge in [-0.15, -0.1) is 0 Å². The quantitative estimate of drug-likeness (QED) is 0.802. The van der Waals surface area contributed by atoms with E-state index in [-0.39, 0.29) is 11.8 Å². The summed E-state index contributed by atoms with van der Waals surface area (Å²) in [6.45, 7) is 2.09. The number of amides is 1. The first kappa shape index (κ1) is 12.0. The number of benzene rings is 1. The number of nitrogens with one attached hydrogen (secondary N) is 1. The molecular weight excluding hydrogens is 232 g/mol. The third-order valence-corrected chi connectivity index (χ3v) is 3.19. The van der Waals surface area contributed by atoms with Crippen molar-refractivity contribution in [3.63, 3.8) is 0 Å². The van der Waals surface area contributed by atoms with Crippen LogP contribution in [-0.4, -0.2) is 10.9 Å². The fourth-order valence-electron chi connectivity index (χ4n) is 1.83. The second-order valence-corrected chi connectivity index (χ2v) is 5.17. The zero-order chi connectivity index (χ0) is 12.4. The molecule has 1 aromatic carbocycles. The minimum absolute atomic E-state index is 0.125. The molecule has 0 aliphatic heterocycles. The van der Waals surface area contributed by atoms with Crippen molar-refractivity contribution < 1.29 is 4.79 Å². The first-order valence-corrected chi connectivity index (χ1v) is 6.15. The van der Waals surface area contributed by atoms with Crippen LogP contribution in [0.5, 0.6) is 0 Å². The van der Waals surface area contributed by atoms with Gasteiger partial charge in [-0.25, -0.2) is 0 Å². The molecule has 1 aliphatic carbocycles. The maximum atomic E-state index is 11.7. The van der Waals surface area contributed by atoms with Crippen molar-refractivity contribution in [2.45, 2.75) is 19.8 Å². The Morgan fingerprint density at radius 2 is 2.06 bits per heavy atom. The molecule has 0 aromatic heterocycles. The Kier molecular flexibility index (Phi) is 3.43. The lowest BCUT2D eigenvalue weighted by molar-refractivity contribution is -0.117. The van der Waals surface area contributed by atoms with Gasteiger partial charge in [-0.3, -0.25) is 4.79 Å². The zero-order valence-electron chi connectivity index (χ0n) is 9.77. The molecule has 90 valence electrons. The number of anilines is 1. The summed E-state index contributed by atoms with van der Waals surface area (Å²) in [4.78, 5) is 12.2. The van der Waals surface area contributed by atoms with Gasteiger partial charge >= 0.3 is 0 Å². The van der Waals surface area contributed by atoms with Crippen LogP contribution >= 0.6 is 12.2 Å². The van der Waals surface area contributed by atoms with E-state index in [1.165, 1.54) is 0 Å². The van der Waals surface area contributed by atoms with Gasteiger partial charge in [0.25, 0.3) is 0 Å². The van der Waals surface area contributed by atoms with E-state index in [0.29, 0.717) is 17.3 Å². The molecule has 17 heavy (non-hydrogen) atoms. The van der Waals surface area contributed by atoms with Crippen molar-refractivity contribution in [3.05, 3.63) is 29.8 Å². The van der Waals surface area contributed by atoms with Crippen molar-refractivity contribution in [2.24, 2.45) is 17.6 Å². The zero-order valence-corrected chi connectivity index (χ0v) is 10.6. The molecule has 0 radical (unpaired) electrons. The summed E-state index contributed by atoms with van der Waals surface area (Å²) >= 11 is 4.84. The van der Waals surface area contributed by atoms with Gasteiger partial charge < -0.3 is 11.1 Å². The molecule has 3 nitrogen and oxygen atoms in total. The molecule has 1 aromatic rings. The number of thiocarbonyl (C=S) groups is 1. The van der Waals surface area contributed by atoms with Crippen LogP contribution in [0.25, 0.3) is 0 Å². The van der Waals surface area contributed by atoms with Crippen molar-refractivity contribution in [1.29, 1.82) is 0 Å². The Hall–Kier alpha value is -1.42. The fourth-order valence-corrected chi connectivity index (χ4v) is 2.00. The average Bonchev–Trinajstić information content (AvgIpc) is 2.98. The van der Waals surface area contributed by atoms with Crippen molar-refractivity contribution in [2.75, 3.05) is 5.32 Å². The van der Waals surface area contributed by atoms with Crippen molar-refractivity contribution in [1.82, 2.24) is 0 Å². The van der Waals surface area contributed by atoms with Crippen LogP contribution in [0.15, 0.2) is 24.3 Å². The number of carbonyl (C=O) groups excluding carboxylic acids is 1. The molecule has 2 atom stereocenters. The van der Waals surface area contributed by atoms with Crippen LogP contribution in [-0.2, 0) is 11.2 Å². The minimum Gasteiger partial charge on any atom is -0.393 e. The smallest absolute Gasteiger partial charge is 0.227 e. The molecule has 0 spiro atoms. The molecule has 0 heterocycles. The van der Waals surface area contributed by atoms with Crippen LogP contribution in [0.1, 0.15) is 18.9 Å². The lowest BCUT2D eigenvalue weighted by Gasteiger charge is -2.05. The maximum Gasteiger partial charge on any atom is 0.227 e. The highest BCUT2D eigenvalue weighted by Gasteiger charge is 2.38. The van der Waals surface area contributed by atoms with Gasteiger partial charge in [0.1, 0.15) is 0 Å². The topological polar surface area (TPSA) is 55.1 Å². The minimum atomic E-state index is 0.125. The van der Waals surface area contributed by atoms with E-state index in [1.807, 2.05) is 24.3 Å². The first-order valence-electron chi connectivity index (χ1n) is 5.74. The highest BCUT2D eigenvalue weighted by molar-refractivity contribution is 7.80. The second-order valence-electron chi connectivity index (χ2n) is 4.65. The number of nitrogens with two attached hydrogens (primary N) is 1. The molecule has 4 heteroatoms. The van der Waals surface area contributed by atoms with E-state index in [9.17, 15) is 4.79 Å². The molecule has 3 N–H and O–H groups in total. The number of hydrogen-bond acceptors (Lipinski definition) is 2. The lowest BCUT2D eigenvalue weighted by Crippen LogP contribution is -2.14. The van der Waals surface area contributed by atoms with Crippen molar-refractivity contribution in [3.8, 4) is 0 Å². The van der Waals surface area contributed by atoms with E-state index in [0.717, 1.165) is 17.7 Å². The summed E-state index contributed by atoms with van der Waals surface area (Å²) in [5.41, 5.74) is 7.37. The van der Waals surface area contributed by atoms with Gasteiger partial charge in [-0.05, 0) is 30.0 Å². The predicted octanol–water partition coefficient (Wildman–Crippen LogP) is 2.11. The van der Waals surface area contributed by atoms with E-state index in [2.05, 4.69) is 12.2 Å². The number of carbonyl (C=O) groups is 1. The van der Waals surface area contributed by atoms with Crippen molar-refractivity contribution >= 4 is 28.8 Å². The number of hydrogen-bond donors (Lipinski definition) is 2. The Labute approximate surface area is 106 Å². The Balaban J connectivity index is 1.93. The summed E-state index contributed by atoms with van der Waals surface area (Å²) in [6.07, 6.45) is 1.61. The van der Waals surface area contributed by atoms with Crippen LogP contribution in [0.2, 0.25) is 0 Å². The molecule has 0 saturated heterocycles. The Bertz CT molecular complexity index is 441. The predicted molar refractivity (Wildman–Crippen MR) is 72.8 cm³/mol. The fraction of sp³-hybridized carbons (Fsp3) is 0.385. The molecule has 2 rings (SSSR count). The average molecular weight is 248 g/mol. The number of rotatable bonds is 4. The Morgan fingerprint density at radius 1 is 1.47 bits per heavy atom.